The van der Waals surface area contributed by atoms with E-state index in [2.05, 4.69) is 25.3 Å². The Hall–Kier alpha value is -1.89. The molecule has 1 heterocycles. The van der Waals surface area contributed by atoms with Crippen molar-refractivity contribution in [3.8, 4) is 0 Å². The molecule has 35 heavy (non-hydrogen) atoms. The maximum atomic E-state index is 12.4. The Bertz CT molecular complexity index is 1010. The lowest BCUT2D eigenvalue weighted by Crippen LogP contribution is -2.69. The molecule has 2 spiro atoms. The van der Waals surface area contributed by atoms with Gasteiger partial charge in [0.1, 0.15) is 18.3 Å². The first kappa shape index (κ1) is 23.5. The summed E-state index contributed by atoms with van der Waals surface area (Å²) in [5.41, 5.74) is 0.571. The fraction of sp³-hybridized carbons (Fsp3) is 0.821. The summed E-state index contributed by atoms with van der Waals surface area (Å²) < 4.78 is 18.3. The molecule has 1 saturated heterocycles. The highest BCUT2D eigenvalue weighted by atomic mass is 16.6. The maximum absolute atomic E-state index is 12.4. The van der Waals surface area contributed by atoms with E-state index in [4.69, 9.17) is 14.2 Å². The van der Waals surface area contributed by atoms with E-state index < -0.39 is 0 Å². The van der Waals surface area contributed by atoms with Crippen LogP contribution in [0.4, 0.5) is 0 Å². The van der Waals surface area contributed by atoms with Gasteiger partial charge in [0.05, 0.1) is 0 Å². The van der Waals surface area contributed by atoms with Crippen LogP contribution in [0.1, 0.15) is 66.7 Å². The van der Waals surface area contributed by atoms with Crippen molar-refractivity contribution in [2.45, 2.75) is 91.1 Å². The predicted molar refractivity (Wildman–Crippen MR) is 127 cm³/mol. The molecule has 1 unspecified atom stereocenters. The zero-order chi connectivity index (χ0) is 25.1. The average molecular weight is 486 g/mol. The van der Waals surface area contributed by atoms with E-state index in [0.717, 1.165) is 50.8 Å². The number of piperidine rings is 1. The SMILES string of the molecule is C=C1[C@H]2C[C@@]3([C@@H]1OC(C)=O)[C@@H](C[C@H]2OC(C)=O)[C@@]12C4[C@@H]3C[C@@H]1[C@@](C)(CC[C@@H]2OC(C)=O)CN4CC. The summed E-state index contributed by atoms with van der Waals surface area (Å²) in [7, 11) is 0. The van der Waals surface area contributed by atoms with Crippen molar-refractivity contribution in [1.29, 1.82) is 0 Å². The summed E-state index contributed by atoms with van der Waals surface area (Å²) in [5, 5.41) is 0. The van der Waals surface area contributed by atoms with Gasteiger partial charge in [-0.15, -0.1) is 0 Å². The van der Waals surface area contributed by atoms with Crippen LogP contribution in [0, 0.1) is 39.9 Å². The topological polar surface area (TPSA) is 82.1 Å². The lowest BCUT2D eigenvalue weighted by atomic mass is 9.43. The van der Waals surface area contributed by atoms with Gasteiger partial charge in [-0.1, -0.05) is 20.4 Å². The second kappa shape index (κ2) is 7.33. The third kappa shape index (κ3) is 2.69. The second-order valence-corrected chi connectivity index (χ2v) is 12.6. The Morgan fingerprint density at radius 1 is 1.03 bits per heavy atom. The van der Waals surface area contributed by atoms with Crippen molar-refractivity contribution in [2.75, 3.05) is 13.1 Å². The molecule has 7 heteroatoms. The molecule has 0 amide bonds. The quantitative estimate of drug-likeness (QED) is 0.342. The van der Waals surface area contributed by atoms with Gasteiger partial charge >= 0.3 is 17.9 Å². The fourth-order valence-electron chi connectivity index (χ4n) is 10.9. The molecule has 11 atom stereocenters. The van der Waals surface area contributed by atoms with Crippen molar-refractivity contribution in [1.82, 2.24) is 4.90 Å². The van der Waals surface area contributed by atoms with E-state index >= 15 is 0 Å². The highest BCUT2D eigenvalue weighted by Crippen LogP contribution is 2.84. The van der Waals surface area contributed by atoms with Gasteiger partial charge in [0.15, 0.2) is 0 Å². The van der Waals surface area contributed by atoms with Crippen LogP contribution in [0.2, 0.25) is 0 Å². The van der Waals surface area contributed by atoms with E-state index in [1.165, 1.54) is 20.8 Å². The summed E-state index contributed by atoms with van der Waals surface area (Å²) >= 11 is 0. The Balaban J connectivity index is 1.57. The van der Waals surface area contributed by atoms with Gasteiger partial charge in [0, 0.05) is 50.1 Å². The first-order valence-electron chi connectivity index (χ1n) is 13.4. The lowest BCUT2D eigenvalue weighted by Gasteiger charge is -2.65. The number of hydrogen-bond acceptors (Lipinski definition) is 7. The largest absolute Gasteiger partial charge is 0.462 e. The van der Waals surface area contributed by atoms with E-state index in [-0.39, 0.29) is 70.3 Å². The molecular weight excluding hydrogens is 446 g/mol. The van der Waals surface area contributed by atoms with Crippen molar-refractivity contribution < 1.29 is 28.6 Å². The molecule has 0 N–H and O–H groups in total. The summed E-state index contributed by atoms with van der Waals surface area (Å²) in [6.45, 7) is 15.6. The first-order chi connectivity index (χ1) is 16.5. The predicted octanol–water partition coefficient (Wildman–Crippen LogP) is 3.50. The van der Waals surface area contributed by atoms with E-state index in [0.29, 0.717) is 11.8 Å². The molecule has 7 bridgehead atoms. The molecule has 6 rings (SSSR count). The smallest absolute Gasteiger partial charge is 0.303 e. The number of carbonyl (C=O) groups excluding carboxylic acids is 3. The first-order valence-corrected chi connectivity index (χ1v) is 13.4. The van der Waals surface area contributed by atoms with Crippen LogP contribution in [0.15, 0.2) is 12.2 Å². The zero-order valence-electron chi connectivity index (χ0n) is 21.7. The standard InChI is InChI=1S/C28H39NO6/c1-7-29-13-26(6)9-8-23(34-16(4)31)28-21(26)10-19(24(28)29)27-12-18(14(2)25(27)35-17(5)32)20(11-22(27)28)33-15(3)30/h18-25H,2,7-13H2,1,3-6H3/t18-,19+,20-,21-,22-,23+,24?,25-,26+,27+,28+/m1/s1. The molecule has 5 saturated carbocycles. The number of ether oxygens (including phenoxy) is 3. The molecule has 0 aromatic carbocycles. The molecule has 7 nitrogen and oxygen atoms in total. The highest BCUT2D eigenvalue weighted by molar-refractivity contribution is 5.68. The number of carbonyl (C=O) groups is 3. The van der Waals surface area contributed by atoms with Gasteiger partial charge in [0.25, 0.3) is 0 Å². The van der Waals surface area contributed by atoms with Crippen molar-refractivity contribution >= 4 is 17.9 Å². The third-order valence-electron chi connectivity index (χ3n) is 11.4. The fourth-order valence-corrected chi connectivity index (χ4v) is 10.9. The molecule has 0 aromatic rings. The number of nitrogens with zero attached hydrogens (tertiary/aromatic N) is 1. The third-order valence-corrected chi connectivity index (χ3v) is 11.4. The molecule has 0 aromatic heterocycles. The van der Waals surface area contributed by atoms with Crippen LogP contribution in [0.3, 0.4) is 0 Å². The minimum atomic E-state index is -0.383. The summed E-state index contributed by atoms with van der Waals surface area (Å²) in [6, 6.07) is 0.265. The minimum Gasteiger partial charge on any atom is -0.462 e. The molecule has 192 valence electrons. The number of likely N-dealkylation sites (tertiary alicyclic amines) is 1. The molecule has 6 fully saturated rings. The van der Waals surface area contributed by atoms with Gasteiger partial charge in [0.2, 0.25) is 0 Å². The van der Waals surface area contributed by atoms with Gasteiger partial charge < -0.3 is 14.2 Å². The Morgan fingerprint density at radius 3 is 2.34 bits per heavy atom. The maximum Gasteiger partial charge on any atom is 0.303 e. The van der Waals surface area contributed by atoms with Crippen LogP contribution in [0.25, 0.3) is 0 Å². The average Bonchev–Trinajstić information content (AvgIpc) is 3.29. The molecular formula is C28H39NO6. The van der Waals surface area contributed by atoms with Crippen LogP contribution < -0.4 is 0 Å². The summed E-state index contributed by atoms with van der Waals surface area (Å²) in [6.07, 6.45) is 3.68. The van der Waals surface area contributed by atoms with E-state index in [1.54, 1.807) is 0 Å². The molecule has 0 radical (unpaired) electrons. The highest BCUT2D eigenvalue weighted by Gasteiger charge is 2.86. The number of rotatable bonds is 4. The number of esters is 3. The van der Waals surface area contributed by atoms with Crippen LogP contribution in [-0.4, -0.2) is 60.3 Å². The summed E-state index contributed by atoms with van der Waals surface area (Å²) in [5.74, 6) is 0.0890. The molecule has 5 aliphatic carbocycles. The second-order valence-electron chi connectivity index (χ2n) is 12.6. The Labute approximate surface area is 207 Å². The van der Waals surface area contributed by atoms with Gasteiger partial charge in [-0.05, 0) is 67.4 Å². The molecule has 1 aliphatic heterocycles. The number of fused-ring (bicyclic) bond motifs is 1. The van der Waals surface area contributed by atoms with Crippen LogP contribution in [-0.2, 0) is 28.6 Å². The van der Waals surface area contributed by atoms with Crippen LogP contribution >= 0.6 is 0 Å². The number of hydrogen-bond donors (Lipinski definition) is 0. The Kier molecular flexibility index (Phi) is 4.92. The minimum absolute atomic E-state index is 0.00710. The van der Waals surface area contributed by atoms with E-state index in [9.17, 15) is 14.4 Å². The van der Waals surface area contributed by atoms with Crippen molar-refractivity contribution in [2.24, 2.45) is 39.9 Å². The molecule has 6 aliphatic rings. The zero-order valence-corrected chi connectivity index (χ0v) is 21.7. The van der Waals surface area contributed by atoms with Gasteiger partial charge in [-0.2, -0.15) is 0 Å². The van der Waals surface area contributed by atoms with E-state index in [1.807, 2.05) is 0 Å². The van der Waals surface area contributed by atoms with Crippen molar-refractivity contribution in [3.05, 3.63) is 12.2 Å². The normalized spacial score (nSPS) is 51.1. The van der Waals surface area contributed by atoms with Crippen LogP contribution in [0.5, 0.6) is 0 Å². The van der Waals surface area contributed by atoms with Gasteiger partial charge in [-0.3, -0.25) is 19.3 Å². The van der Waals surface area contributed by atoms with Gasteiger partial charge in [-0.25, -0.2) is 0 Å². The summed E-state index contributed by atoms with van der Waals surface area (Å²) in [4.78, 5) is 39.6. The monoisotopic (exact) mass is 485 g/mol. The lowest BCUT2D eigenvalue weighted by molar-refractivity contribution is -0.231. The van der Waals surface area contributed by atoms with Crippen molar-refractivity contribution in [3.63, 3.8) is 0 Å². The Morgan fingerprint density at radius 2 is 1.71 bits per heavy atom.